The molecule has 0 saturated carbocycles. The number of carbonyl (C=O) groups excluding carboxylic acids is 2. The predicted molar refractivity (Wildman–Crippen MR) is 102 cm³/mol. The van der Waals surface area contributed by atoms with Crippen molar-refractivity contribution >= 4 is 44.3 Å². The zero-order valence-corrected chi connectivity index (χ0v) is 16.2. The Kier molecular flexibility index (Phi) is 5.69. The summed E-state index contributed by atoms with van der Waals surface area (Å²) in [5.74, 6) is -1.26. The molecule has 0 bridgehead atoms. The molecular formula is C18H13F3N2O6S. The van der Waals surface area contributed by atoms with Crippen LogP contribution in [-0.4, -0.2) is 32.5 Å². The van der Waals surface area contributed by atoms with Gasteiger partial charge in [-0.3, -0.25) is 4.90 Å². The number of anilines is 2. The first-order valence-corrected chi connectivity index (χ1v) is 8.95. The second-order valence-electron chi connectivity index (χ2n) is 5.81. The van der Waals surface area contributed by atoms with Crippen molar-refractivity contribution in [3.8, 4) is 5.75 Å². The molecule has 1 N–H and O–H groups in total. The minimum atomic E-state index is -4.81. The summed E-state index contributed by atoms with van der Waals surface area (Å²) in [6, 6.07) is 6.78. The molecule has 3 rings (SSSR count). The molecule has 2 heterocycles. The summed E-state index contributed by atoms with van der Waals surface area (Å²) in [5.41, 5.74) is -0.721. The van der Waals surface area contributed by atoms with Gasteiger partial charge in [0.2, 0.25) is 0 Å². The quantitative estimate of drug-likeness (QED) is 0.608. The normalized spacial score (nSPS) is 11.2. The van der Waals surface area contributed by atoms with Gasteiger partial charge in [0.15, 0.2) is 5.58 Å². The van der Waals surface area contributed by atoms with Crippen molar-refractivity contribution in [3.63, 3.8) is 0 Å². The van der Waals surface area contributed by atoms with Crippen LogP contribution in [0.25, 0.3) is 10.3 Å². The van der Waals surface area contributed by atoms with Gasteiger partial charge in [-0.1, -0.05) is 0 Å². The highest BCUT2D eigenvalue weighted by atomic mass is 32.1. The first-order chi connectivity index (χ1) is 14.1. The van der Waals surface area contributed by atoms with Gasteiger partial charge in [0, 0.05) is 18.8 Å². The van der Waals surface area contributed by atoms with E-state index < -0.39 is 29.7 Å². The number of methoxy groups -OCH3 is 1. The zero-order valence-electron chi connectivity index (χ0n) is 15.4. The maximum Gasteiger partial charge on any atom is 0.573 e. The third-order valence-electron chi connectivity index (χ3n) is 3.79. The number of benzene rings is 1. The molecule has 0 fully saturated rings. The highest BCUT2D eigenvalue weighted by Gasteiger charge is 2.31. The predicted octanol–water partition coefficient (Wildman–Crippen LogP) is 4.21. The van der Waals surface area contributed by atoms with Crippen LogP contribution in [0.4, 0.5) is 28.7 Å². The van der Waals surface area contributed by atoms with Gasteiger partial charge in [-0.25, -0.2) is 14.4 Å². The molecule has 3 aromatic rings. The molecular weight excluding hydrogens is 429 g/mol. The molecule has 1 aromatic carbocycles. The number of urea groups is 1. The fourth-order valence-corrected chi connectivity index (χ4v) is 3.35. The second kappa shape index (κ2) is 8.06. The number of halogens is 3. The number of alkyl halides is 3. The summed E-state index contributed by atoms with van der Waals surface area (Å²) in [4.78, 5) is 37.1. The fraction of sp³-hybridized carbons (Fsp3) is 0.167. The average Bonchev–Trinajstić information content (AvgIpc) is 3.09. The number of nitrogens with zero attached hydrogens (tertiary/aromatic N) is 1. The summed E-state index contributed by atoms with van der Waals surface area (Å²) < 4.78 is 50.4. The molecule has 2 amide bonds. The lowest BCUT2D eigenvalue weighted by molar-refractivity contribution is -0.274. The van der Waals surface area contributed by atoms with Gasteiger partial charge in [-0.15, -0.1) is 24.5 Å². The summed E-state index contributed by atoms with van der Waals surface area (Å²) in [5, 5.41) is 2.91. The Morgan fingerprint density at radius 3 is 2.43 bits per heavy atom. The van der Waals surface area contributed by atoms with Crippen molar-refractivity contribution in [3.05, 3.63) is 52.4 Å². The topological polar surface area (TPSA) is 98.1 Å². The summed E-state index contributed by atoms with van der Waals surface area (Å²) >= 11 is 1.08. The van der Waals surface area contributed by atoms with Crippen molar-refractivity contribution in [2.45, 2.75) is 6.36 Å². The van der Waals surface area contributed by atoms with Crippen LogP contribution in [0.5, 0.6) is 5.75 Å². The van der Waals surface area contributed by atoms with Gasteiger partial charge in [-0.05, 0) is 30.3 Å². The van der Waals surface area contributed by atoms with Gasteiger partial charge in [0.05, 0.1) is 11.8 Å². The number of ether oxygens (including phenoxy) is 2. The van der Waals surface area contributed by atoms with Gasteiger partial charge in [0.25, 0.3) is 0 Å². The number of hydrogen-bond donors (Lipinski definition) is 1. The first kappa shape index (κ1) is 21.2. The molecule has 0 atom stereocenters. The number of carbonyl (C=O) groups is 2. The molecule has 0 saturated heterocycles. The first-order valence-electron chi connectivity index (χ1n) is 8.14. The highest BCUT2D eigenvalue weighted by molar-refractivity contribution is 7.22. The van der Waals surface area contributed by atoms with Crippen molar-refractivity contribution in [1.29, 1.82) is 0 Å². The van der Waals surface area contributed by atoms with Crippen LogP contribution >= 0.6 is 11.3 Å². The summed E-state index contributed by atoms with van der Waals surface area (Å²) in [6.45, 7) is 0. The van der Waals surface area contributed by atoms with Gasteiger partial charge in [-0.2, -0.15) is 0 Å². The second-order valence-corrected chi connectivity index (χ2v) is 6.88. The van der Waals surface area contributed by atoms with Crippen LogP contribution < -0.4 is 20.6 Å². The number of fused-ring (bicyclic) bond motifs is 1. The molecule has 8 nitrogen and oxygen atoms in total. The van der Waals surface area contributed by atoms with Crippen LogP contribution in [0.15, 0.2) is 45.6 Å². The van der Waals surface area contributed by atoms with Crippen LogP contribution in [0.3, 0.4) is 0 Å². The van der Waals surface area contributed by atoms with Crippen molar-refractivity contribution in [2.24, 2.45) is 0 Å². The number of thiophene rings is 1. The SMILES string of the molecule is COC(=O)c1cc2sc(N(C)C(=O)Nc3ccc(OC(F)(F)F)cc3)cc2oc1=O. The van der Waals surface area contributed by atoms with Crippen LogP contribution in [0.2, 0.25) is 0 Å². The van der Waals surface area contributed by atoms with E-state index in [1.54, 1.807) is 0 Å². The maximum absolute atomic E-state index is 12.4. The number of esters is 1. The summed E-state index contributed by atoms with van der Waals surface area (Å²) in [7, 11) is 2.58. The number of rotatable bonds is 4. The molecule has 0 radical (unpaired) electrons. The number of hydrogen-bond acceptors (Lipinski definition) is 7. The van der Waals surface area contributed by atoms with E-state index in [1.165, 1.54) is 36.2 Å². The van der Waals surface area contributed by atoms with Gasteiger partial charge < -0.3 is 19.2 Å². The van der Waals surface area contributed by atoms with E-state index >= 15 is 0 Å². The van der Waals surface area contributed by atoms with Crippen molar-refractivity contribution in [1.82, 2.24) is 0 Å². The molecule has 158 valence electrons. The number of amides is 2. The van der Waals surface area contributed by atoms with Crippen molar-refractivity contribution < 1.29 is 36.7 Å². The van der Waals surface area contributed by atoms with E-state index in [1.807, 2.05) is 0 Å². The smallest absolute Gasteiger partial charge is 0.465 e. The van der Waals surface area contributed by atoms with E-state index in [0.29, 0.717) is 9.70 Å². The molecule has 2 aromatic heterocycles. The third-order valence-corrected chi connectivity index (χ3v) is 4.93. The average molecular weight is 442 g/mol. The molecule has 30 heavy (non-hydrogen) atoms. The van der Waals surface area contributed by atoms with E-state index in [4.69, 9.17) is 4.42 Å². The molecule has 0 unspecified atom stereocenters. The standard InChI is InChI=1S/C18H13F3N2O6S/c1-23(17(26)22-9-3-5-10(6-4-9)29-18(19,20)21)14-8-12-13(30-14)7-11(15(24)27-2)16(25)28-12/h3-8H,1-2H3,(H,22,26). The largest absolute Gasteiger partial charge is 0.573 e. The van der Waals surface area contributed by atoms with E-state index in [-0.39, 0.29) is 16.8 Å². The monoisotopic (exact) mass is 442 g/mol. The zero-order chi connectivity index (χ0) is 22.1. The lowest BCUT2D eigenvalue weighted by Gasteiger charge is -2.16. The fourth-order valence-electron chi connectivity index (χ4n) is 2.37. The van der Waals surface area contributed by atoms with E-state index in [9.17, 15) is 27.6 Å². The molecule has 0 aliphatic heterocycles. The van der Waals surface area contributed by atoms with Crippen LogP contribution in [-0.2, 0) is 4.74 Å². The van der Waals surface area contributed by atoms with Gasteiger partial charge in [0.1, 0.15) is 16.3 Å². The Balaban J connectivity index is 1.76. The Hall–Kier alpha value is -3.54. The minimum Gasteiger partial charge on any atom is -0.465 e. The molecule has 0 aliphatic rings. The Bertz CT molecular complexity index is 1150. The van der Waals surface area contributed by atoms with E-state index in [2.05, 4.69) is 14.8 Å². The highest BCUT2D eigenvalue weighted by Crippen LogP contribution is 2.32. The third kappa shape index (κ3) is 4.71. The molecule has 0 aliphatic carbocycles. The Labute approximate surface area is 170 Å². The maximum atomic E-state index is 12.4. The summed E-state index contributed by atoms with van der Waals surface area (Å²) in [6.07, 6.45) is -4.81. The Morgan fingerprint density at radius 1 is 1.17 bits per heavy atom. The molecule has 0 spiro atoms. The minimum absolute atomic E-state index is 0.181. The lowest BCUT2D eigenvalue weighted by Crippen LogP contribution is -2.30. The van der Waals surface area contributed by atoms with Gasteiger partial charge >= 0.3 is 24.0 Å². The van der Waals surface area contributed by atoms with Crippen LogP contribution in [0.1, 0.15) is 10.4 Å². The van der Waals surface area contributed by atoms with Crippen LogP contribution in [0, 0.1) is 0 Å². The molecule has 12 heteroatoms. The van der Waals surface area contributed by atoms with E-state index in [0.717, 1.165) is 30.6 Å². The number of nitrogens with one attached hydrogen (secondary N) is 1. The lowest BCUT2D eigenvalue weighted by atomic mass is 10.3. The Morgan fingerprint density at radius 2 is 1.83 bits per heavy atom. The van der Waals surface area contributed by atoms with Crippen molar-refractivity contribution in [2.75, 3.05) is 24.4 Å².